The topological polar surface area (TPSA) is 75.8 Å². The molecule has 0 aliphatic heterocycles. The van der Waals surface area contributed by atoms with E-state index in [0.29, 0.717) is 24.0 Å². The van der Waals surface area contributed by atoms with Gasteiger partial charge in [-0.15, -0.1) is 0 Å². The van der Waals surface area contributed by atoms with Crippen molar-refractivity contribution >= 4 is 17.6 Å². The van der Waals surface area contributed by atoms with Gasteiger partial charge in [-0.3, -0.25) is 5.21 Å². The van der Waals surface area contributed by atoms with Crippen molar-refractivity contribution in [2.45, 2.75) is 64.2 Å². The van der Waals surface area contributed by atoms with Crippen LogP contribution in [0, 0.1) is 11.8 Å². The molecular weight excluding hydrogens is 556 g/mol. The molecule has 3 rings (SSSR count). The van der Waals surface area contributed by atoms with Gasteiger partial charge >= 0.3 is 6.03 Å². The second-order valence-corrected chi connectivity index (χ2v) is 10.8. The summed E-state index contributed by atoms with van der Waals surface area (Å²) in [6.07, 6.45) is 14.6. The van der Waals surface area contributed by atoms with Crippen LogP contribution in [0.15, 0.2) is 103 Å². The number of nitrogens with zero attached hydrogens (tertiary/aromatic N) is 1. The number of halogens is 1. The minimum atomic E-state index is -0.883. The van der Waals surface area contributed by atoms with Gasteiger partial charge in [0.2, 0.25) is 0 Å². The summed E-state index contributed by atoms with van der Waals surface area (Å²) in [5.41, 5.74) is 9.97. The average Bonchev–Trinajstić information content (AvgIpc) is 3.02. The highest BCUT2D eigenvalue weighted by atomic mass is 35.5. The summed E-state index contributed by atoms with van der Waals surface area (Å²) < 4.78 is 5.86. The predicted octanol–water partition coefficient (Wildman–Crippen LogP) is 9.30. The highest BCUT2D eigenvalue weighted by Crippen LogP contribution is 2.33. The Kier molecular flexibility index (Phi) is 15.0. The number of hydrogen-bond acceptors (Lipinski definition) is 3. The number of allylic oxidation sites excluding steroid dienone is 4. The molecule has 0 spiro atoms. The van der Waals surface area contributed by atoms with Crippen LogP contribution in [0.5, 0.6) is 5.75 Å². The van der Waals surface area contributed by atoms with E-state index >= 15 is 0 Å². The van der Waals surface area contributed by atoms with Gasteiger partial charge in [-0.2, -0.15) is 0 Å². The van der Waals surface area contributed by atoms with E-state index in [1.807, 2.05) is 36.4 Å². The van der Waals surface area contributed by atoms with E-state index in [-0.39, 0.29) is 6.54 Å². The maximum absolute atomic E-state index is 10.8. The largest absolute Gasteiger partial charge is 0.494 e. The van der Waals surface area contributed by atoms with E-state index < -0.39 is 6.03 Å². The van der Waals surface area contributed by atoms with Gasteiger partial charge in [0.25, 0.3) is 0 Å². The lowest BCUT2D eigenvalue weighted by Crippen LogP contribution is -2.33. The average molecular weight is 599 g/mol. The molecule has 0 aliphatic carbocycles. The summed E-state index contributed by atoms with van der Waals surface area (Å²) >= 11 is 6.18. The summed E-state index contributed by atoms with van der Waals surface area (Å²) in [6.45, 7) is 2.98. The van der Waals surface area contributed by atoms with Gasteiger partial charge in [-0.25, -0.2) is 9.86 Å². The molecular formula is C37H43ClN2O3. The van der Waals surface area contributed by atoms with Gasteiger partial charge < -0.3 is 10.5 Å². The Balaban J connectivity index is 1.39. The van der Waals surface area contributed by atoms with Crippen molar-refractivity contribution in [3.05, 3.63) is 124 Å². The Bertz CT molecular complexity index is 1360. The molecule has 5 nitrogen and oxygen atoms in total. The first-order chi connectivity index (χ1) is 21.0. The minimum Gasteiger partial charge on any atom is -0.494 e. The normalized spacial score (nSPS) is 12.0. The van der Waals surface area contributed by atoms with Crippen LogP contribution in [0.1, 0.15) is 80.9 Å². The van der Waals surface area contributed by atoms with Crippen LogP contribution >= 0.6 is 11.6 Å². The van der Waals surface area contributed by atoms with Crippen LogP contribution in [-0.4, -0.2) is 29.5 Å². The lowest BCUT2D eigenvalue weighted by atomic mass is 9.84. The number of carbonyl (C=O) groups excluding carboxylic acids is 1. The monoisotopic (exact) mass is 598 g/mol. The summed E-state index contributed by atoms with van der Waals surface area (Å²) in [4.78, 5) is 10.8. The Labute approximate surface area is 262 Å². The first kappa shape index (κ1) is 33.5. The molecule has 0 unspecified atom stereocenters. The second-order valence-electron chi connectivity index (χ2n) is 10.4. The lowest BCUT2D eigenvalue weighted by molar-refractivity contribution is -0.0372. The van der Waals surface area contributed by atoms with Crippen molar-refractivity contribution in [1.29, 1.82) is 0 Å². The fourth-order valence-corrected chi connectivity index (χ4v) is 4.89. The van der Waals surface area contributed by atoms with Crippen LogP contribution in [0.3, 0.4) is 0 Å². The first-order valence-corrected chi connectivity index (χ1v) is 15.4. The highest BCUT2D eigenvalue weighted by molar-refractivity contribution is 6.30. The highest BCUT2D eigenvalue weighted by Gasteiger charge is 2.16. The molecule has 3 aromatic carbocycles. The molecule has 2 amide bonds. The number of hydrogen-bond donors (Lipinski definition) is 2. The summed E-state index contributed by atoms with van der Waals surface area (Å²) in [5.74, 6) is 7.04. The zero-order chi connectivity index (χ0) is 30.7. The molecule has 43 heavy (non-hydrogen) atoms. The van der Waals surface area contributed by atoms with Crippen molar-refractivity contribution in [3.8, 4) is 17.6 Å². The standard InChI is InChI=1S/C37H43ClN2O3/c1-2-14-31(29-36(32-17-9-7-10-18-32)33-21-23-34(38)24-22-33)16-8-5-3-4-6-13-28-43-35-25-19-30(20-26-35)15-11-12-27-40(42)37(39)41/h3-4,7,9-10,16-26,36,42H,2,5-6,8,12-14,27-29H2,1H3,(H2,39,41)/b4-3+,31-16+/t36-/m1/s1. The molecule has 0 saturated heterocycles. The van der Waals surface area contributed by atoms with Gasteiger partial charge in [0, 0.05) is 22.9 Å². The predicted molar refractivity (Wildman–Crippen MR) is 176 cm³/mol. The number of carbonyl (C=O) groups is 1. The van der Waals surface area contributed by atoms with E-state index in [1.165, 1.54) is 16.7 Å². The molecule has 6 heteroatoms. The Hall–Kier alpha value is -3.98. The number of rotatable bonds is 16. The summed E-state index contributed by atoms with van der Waals surface area (Å²) in [6, 6.07) is 25.8. The van der Waals surface area contributed by atoms with Crippen molar-refractivity contribution in [2.75, 3.05) is 13.2 Å². The van der Waals surface area contributed by atoms with Crippen LogP contribution in [-0.2, 0) is 0 Å². The maximum atomic E-state index is 10.8. The lowest BCUT2D eigenvalue weighted by Gasteiger charge is -2.20. The van der Waals surface area contributed by atoms with Crippen LogP contribution in [0.25, 0.3) is 0 Å². The van der Waals surface area contributed by atoms with Crippen molar-refractivity contribution in [2.24, 2.45) is 5.73 Å². The molecule has 3 aromatic rings. The molecule has 0 bridgehead atoms. The van der Waals surface area contributed by atoms with Gasteiger partial charge in [-0.1, -0.05) is 103 Å². The molecule has 0 aromatic heterocycles. The molecule has 226 valence electrons. The van der Waals surface area contributed by atoms with Crippen LogP contribution in [0.2, 0.25) is 5.02 Å². The molecule has 3 N–H and O–H groups in total. The summed E-state index contributed by atoms with van der Waals surface area (Å²) in [7, 11) is 0. The third-order valence-electron chi connectivity index (χ3n) is 7.02. The quantitative estimate of drug-likeness (QED) is 0.0567. The molecule has 1 atom stereocenters. The molecule has 0 aliphatic rings. The van der Waals surface area contributed by atoms with E-state index in [2.05, 4.69) is 79.5 Å². The van der Waals surface area contributed by atoms with Gasteiger partial charge in [0.05, 0.1) is 13.2 Å². The molecule has 0 fully saturated rings. The Morgan fingerprint density at radius 1 is 0.977 bits per heavy atom. The minimum absolute atomic E-state index is 0.0782. The smallest absolute Gasteiger partial charge is 0.338 e. The molecule has 0 heterocycles. The Morgan fingerprint density at radius 2 is 1.67 bits per heavy atom. The van der Waals surface area contributed by atoms with Crippen LogP contribution < -0.4 is 10.5 Å². The fourth-order valence-electron chi connectivity index (χ4n) is 4.76. The van der Waals surface area contributed by atoms with Gasteiger partial charge in [-0.05, 0) is 86.1 Å². The van der Waals surface area contributed by atoms with Crippen molar-refractivity contribution in [1.82, 2.24) is 5.06 Å². The second kappa shape index (κ2) is 19.3. The number of ether oxygens (including phenoxy) is 1. The molecule has 0 radical (unpaired) electrons. The number of unbranched alkanes of at least 4 members (excludes halogenated alkanes) is 2. The molecule has 0 saturated carbocycles. The van der Waals surface area contributed by atoms with E-state index in [4.69, 9.17) is 22.1 Å². The van der Waals surface area contributed by atoms with E-state index in [0.717, 1.165) is 61.3 Å². The third-order valence-corrected chi connectivity index (χ3v) is 7.27. The van der Waals surface area contributed by atoms with Crippen molar-refractivity contribution < 1.29 is 14.7 Å². The van der Waals surface area contributed by atoms with E-state index in [1.54, 1.807) is 0 Å². The zero-order valence-corrected chi connectivity index (χ0v) is 25.8. The number of hydroxylamine groups is 2. The van der Waals surface area contributed by atoms with Gasteiger partial charge in [0.15, 0.2) is 0 Å². The van der Waals surface area contributed by atoms with E-state index in [9.17, 15) is 10.0 Å². The number of primary amides is 1. The van der Waals surface area contributed by atoms with Gasteiger partial charge in [0.1, 0.15) is 5.75 Å². The Morgan fingerprint density at radius 3 is 2.37 bits per heavy atom. The summed E-state index contributed by atoms with van der Waals surface area (Å²) in [5, 5.41) is 10.5. The number of benzene rings is 3. The number of nitrogens with two attached hydrogens (primary N) is 1. The van der Waals surface area contributed by atoms with Crippen molar-refractivity contribution in [3.63, 3.8) is 0 Å². The fraction of sp³-hybridized carbons (Fsp3) is 0.324. The SMILES string of the molecule is CCC/C(=C\CC/C=C/CCCOc1ccc(C#CCCN(O)C(N)=O)cc1)C[C@H](c1ccccc1)c1ccc(Cl)cc1. The third kappa shape index (κ3) is 12.8. The zero-order valence-electron chi connectivity index (χ0n) is 25.1. The number of amides is 2. The maximum Gasteiger partial charge on any atom is 0.338 e. The first-order valence-electron chi connectivity index (χ1n) is 15.1. The number of urea groups is 1. The van der Waals surface area contributed by atoms with Crippen LogP contribution in [0.4, 0.5) is 4.79 Å².